The molecule has 0 bridgehead atoms. The molecule has 36 heavy (non-hydrogen) atoms. The average molecular weight is 523 g/mol. The lowest BCUT2D eigenvalue weighted by atomic mass is 10.2. The second-order valence-electron chi connectivity index (χ2n) is 7.66. The molecule has 0 radical (unpaired) electrons. The molecule has 13 nitrogen and oxygen atoms in total. The van der Waals surface area contributed by atoms with E-state index in [0.29, 0.717) is 31.4 Å². The van der Waals surface area contributed by atoms with Gasteiger partial charge in [0, 0.05) is 18.3 Å². The van der Waals surface area contributed by atoms with Gasteiger partial charge in [-0.25, -0.2) is 8.42 Å². The number of guanidine groups is 1. The Labute approximate surface area is 208 Å². The summed E-state index contributed by atoms with van der Waals surface area (Å²) >= 11 is 0. The van der Waals surface area contributed by atoms with Crippen LogP contribution in [0, 0.1) is 6.92 Å². The number of benzene rings is 1. The normalized spacial score (nSPS) is 11.8. The summed E-state index contributed by atoms with van der Waals surface area (Å²) in [6, 6.07) is 6.20. The topological polar surface area (TPSA) is 197 Å². The number of aliphatic imine (C=N–C) groups is 1. The second kappa shape index (κ2) is 12.6. The highest BCUT2D eigenvalue weighted by atomic mass is 32.2. The van der Waals surface area contributed by atoms with Gasteiger partial charge in [-0.05, 0) is 44.0 Å². The van der Waals surface area contributed by atoms with E-state index < -0.39 is 34.1 Å². The highest BCUT2D eigenvalue weighted by Gasteiger charge is 2.23. The number of carbonyl (C=O) groups excluding carboxylic acids is 2. The molecule has 0 unspecified atom stereocenters. The highest BCUT2D eigenvalue weighted by molar-refractivity contribution is 7.92. The van der Waals surface area contributed by atoms with E-state index in [1.807, 2.05) is 0 Å². The van der Waals surface area contributed by atoms with Gasteiger partial charge >= 0.3 is 0 Å². The molecule has 0 aliphatic rings. The lowest BCUT2D eigenvalue weighted by Crippen LogP contribution is -2.40. The molecule has 0 saturated carbocycles. The van der Waals surface area contributed by atoms with E-state index in [2.05, 4.69) is 15.0 Å². The van der Waals surface area contributed by atoms with Crippen molar-refractivity contribution in [1.82, 2.24) is 9.88 Å². The van der Waals surface area contributed by atoms with Gasteiger partial charge in [-0.15, -0.1) is 0 Å². The lowest BCUT2D eigenvalue weighted by molar-refractivity contribution is -0.124. The summed E-state index contributed by atoms with van der Waals surface area (Å²) in [5.74, 6) is -0.349. The van der Waals surface area contributed by atoms with Crippen LogP contribution in [0.3, 0.4) is 0 Å². The Balaban J connectivity index is 2.22. The Morgan fingerprint density at radius 1 is 1.19 bits per heavy atom. The third-order valence-electron chi connectivity index (χ3n) is 5.08. The predicted molar refractivity (Wildman–Crippen MR) is 134 cm³/mol. The van der Waals surface area contributed by atoms with Crippen molar-refractivity contribution >= 4 is 33.9 Å². The average Bonchev–Trinajstić information content (AvgIpc) is 2.84. The molecular formula is C22H30N6O7S. The van der Waals surface area contributed by atoms with Gasteiger partial charge in [0.25, 0.3) is 15.6 Å². The Hall–Kier alpha value is -4.07. The summed E-state index contributed by atoms with van der Waals surface area (Å²) in [4.78, 5) is 40.5. The minimum atomic E-state index is -4.25. The molecule has 2 aromatic rings. The SMILES string of the molecule is COc1ccc(OC)c(S(=O)(=O)Nc2ccc(C)n(CC(=O)N[C@H](C=O)CCCN=C(N)N)c2=O)c1. The van der Waals surface area contributed by atoms with Crippen LogP contribution in [0.4, 0.5) is 5.69 Å². The number of nitrogens with two attached hydrogens (primary N) is 2. The molecule has 0 saturated heterocycles. The highest BCUT2D eigenvalue weighted by Crippen LogP contribution is 2.29. The van der Waals surface area contributed by atoms with Gasteiger partial charge in [0.15, 0.2) is 5.96 Å². The molecule has 1 aromatic heterocycles. The number of aldehydes is 1. The zero-order valence-corrected chi connectivity index (χ0v) is 21.0. The maximum Gasteiger partial charge on any atom is 0.275 e. The number of aromatic nitrogens is 1. The van der Waals surface area contributed by atoms with Crippen LogP contribution < -0.4 is 36.5 Å². The maximum atomic E-state index is 13.0. The van der Waals surface area contributed by atoms with Gasteiger partial charge in [0.1, 0.15) is 34.9 Å². The first kappa shape index (κ1) is 28.2. The number of hydrogen-bond donors (Lipinski definition) is 4. The van der Waals surface area contributed by atoms with Crippen LogP contribution in [-0.2, 0) is 26.2 Å². The fourth-order valence-corrected chi connectivity index (χ4v) is 4.47. The monoisotopic (exact) mass is 522 g/mol. The van der Waals surface area contributed by atoms with Crippen LogP contribution in [-0.4, -0.2) is 57.9 Å². The first-order valence-corrected chi connectivity index (χ1v) is 12.3. The van der Waals surface area contributed by atoms with E-state index in [0.717, 1.165) is 4.57 Å². The fraction of sp³-hybridized carbons (Fsp3) is 0.364. The third-order valence-corrected chi connectivity index (χ3v) is 6.46. The number of aryl methyl sites for hydroxylation is 1. The number of hydrogen-bond acceptors (Lipinski definition) is 8. The number of anilines is 1. The summed E-state index contributed by atoms with van der Waals surface area (Å²) < 4.78 is 39.6. The molecule has 0 fully saturated rings. The molecule has 6 N–H and O–H groups in total. The van der Waals surface area contributed by atoms with Crippen LogP contribution in [0.1, 0.15) is 18.5 Å². The summed E-state index contributed by atoms with van der Waals surface area (Å²) in [6.07, 6.45) is 1.32. The van der Waals surface area contributed by atoms with Crippen molar-refractivity contribution in [3.8, 4) is 11.5 Å². The molecule has 0 aliphatic heterocycles. The standard InChI is InChI=1S/C22H30N6O7S/c1-14-6-8-17(27-36(32,33)19-11-16(34-2)7-9-18(19)35-3)21(31)28(14)12-20(30)26-15(13-29)5-4-10-25-22(23)24/h6-9,11,13,15,27H,4-5,10,12H2,1-3H3,(H,26,30)(H4,23,24,25)/t15-/m0/s1. The Kier molecular flexibility index (Phi) is 9.84. The smallest absolute Gasteiger partial charge is 0.275 e. The summed E-state index contributed by atoms with van der Waals surface area (Å²) in [7, 11) is -1.56. The molecular weight excluding hydrogens is 492 g/mol. The third kappa shape index (κ3) is 7.46. The summed E-state index contributed by atoms with van der Waals surface area (Å²) in [6.45, 7) is 1.45. The minimum absolute atomic E-state index is 0.0508. The first-order chi connectivity index (χ1) is 17.0. The molecule has 1 atom stereocenters. The van der Waals surface area contributed by atoms with Crippen molar-refractivity contribution < 1.29 is 27.5 Å². The van der Waals surface area contributed by atoms with Crippen LogP contribution >= 0.6 is 0 Å². The minimum Gasteiger partial charge on any atom is -0.497 e. The molecule has 1 aromatic carbocycles. The van der Waals surface area contributed by atoms with Crippen molar-refractivity contribution in [2.24, 2.45) is 16.5 Å². The van der Waals surface area contributed by atoms with Crippen molar-refractivity contribution in [1.29, 1.82) is 0 Å². The second-order valence-corrected chi connectivity index (χ2v) is 9.31. The van der Waals surface area contributed by atoms with Gasteiger partial charge in [0.05, 0.1) is 20.3 Å². The largest absolute Gasteiger partial charge is 0.497 e. The van der Waals surface area contributed by atoms with E-state index in [4.69, 9.17) is 20.9 Å². The van der Waals surface area contributed by atoms with Crippen LogP contribution in [0.25, 0.3) is 0 Å². The molecule has 0 aliphatic carbocycles. The number of sulfonamides is 1. The lowest BCUT2D eigenvalue weighted by Gasteiger charge is -2.16. The fourth-order valence-electron chi connectivity index (χ4n) is 3.23. The number of nitrogens with one attached hydrogen (secondary N) is 2. The van der Waals surface area contributed by atoms with Gasteiger partial charge in [-0.2, -0.15) is 0 Å². The Morgan fingerprint density at radius 3 is 2.53 bits per heavy atom. The number of nitrogens with zero attached hydrogens (tertiary/aromatic N) is 2. The Morgan fingerprint density at radius 2 is 1.92 bits per heavy atom. The van der Waals surface area contributed by atoms with E-state index in [-0.39, 0.29) is 28.0 Å². The van der Waals surface area contributed by atoms with Crippen molar-refractivity contribution in [3.05, 3.63) is 46.4 Å². The summed E-state index contributed by atoms with van der Waals surface area (Å²) in [5, 5.41) is 2.53. The first-order valence-electron chi connectivity index (χ1n) is 10.8. The number of rotatable bonds is 13. The van der Waals surface area contributed by atoms with E-state index in [1.165, 1.54) is 44.6 Å². The van der Waals surface area contributed by atoms with E-state index >= 15 is 0 Å². The van der Waals surface area contributed by atoms with Crippen LogP contribution in [0.2, 0.25) is 0 Å². The van der Waals surface area contributed by atoms with Crippen molar-refractivity contribution in [2.75, 3.05) is 25.5 Å². The molecule has 14 heteroatoms. The van der Waals surface area contributed by atoms with Crippen molar-refractivity contribution in [2.45, 2.75) is 37.2 Å². The molecule has 1 heterocycles. The van der Waals surface area contributed by atoms with Crippen LogP contribution in [0.15, 0.2) is 45.0 Å². The summed E-state index contributed by atoms with van der Waals surface area (Å²) in [5.41, 5.74) is 9.89. The zero-order chi connectivity index (χ0) is 26.9. The predicted octanol–water partition coefficient (Wildman–Crippen LogP) is -0.288. The van der Waals surface area contributed by atoms with E-state index in [9.17, 15) is 22.8 Å². The zero-order valence-electron chi connectivity index (χ0n) is 20.2. The van der Waals surface area contributed by atoms with Crippen LogP contribution in [0.5, 0.6) is 11.5 Å². The maximum absolute atomic E-state index is 13.0. The number of methoxy groups -OCH3 is 2. The number of carbonyl (C=O) groups is 2. The van der Waals surface area contributed by atoms with Gasteiger partial charge in [-0.3, -0.25) is 19.3 Å². The number of pyridine rings is 1. The molecule has 1 amide bonds. The number of amides is 1. The van der Waals surface area contributed by atoms with Gasteiger partial charge in [0.2, 0.25) is 5.91 Å². The van der Waals surface area contributed by atoms with Gasteiger partial charge < -0.3 is 35.6 Å². The molecule has 0 spiro atoms. The molecule has 196 valence electrons. The van der Waals surface area contributed by atoms with Gasteiger partial charge in [-0.1, -0.05) is 0 Å². The quantitative estimate of drug-likeness (QED) is 0.118. The van der Waals surface area contributed by atoms with E-state index in [1.54, 1.807) is 6.92 Å². The number of ether oxygens (including phenoxy) is 2. The molecule has 2 rings (SSSR count). The Bertz CT molecular complexity index is 1290. The van der Waals surface area contributed by atoms with Crippen molar-refractivity contribution in [3.63, 3.8) is 0 Å².